The number of hydrazone groups is 1. The Bertz CT molecular complexity index is 1630. The van der Waals surface area contributed by atoms with Crippen LogP contribution in [-0.2, 0) is 6.54 Å². The van der Waals surface area contributed by atoms with Crippen LogP contribution in [0.2, 0.25) is 0 Å². The largest absolute Gasteiger partial charge is 0.355 e. The molecule has 0 aliphatic carbocycles. The van der Waals surface area contributed by atoms with Gasteiger partial charge in [-0.2, -0.15) is 5.10 Å². The second-order valence-electron chi connectivity index (χ2n) is 8.45. The standard InChI is InChI=1S/C28H21BrFN5S/c29-20-5-3-4-19(12-20)25-17-36-28(33-25)34-32-14-22-13-24-23-6-1-2-7-26(23)35(27(24)15-31-22)16-18-8-10-21(30)11-9-18/h1-15,17,28,33-34H,16H2. The molecule has 8 heteroatoms. The van der Waals surface area contributed by atoms with Gasteiger partial charge in [-0.1, -0.05) is 70.2 Å². The molecule has 5 nitrogen and oxygen atoms in total. The highest BCUT2D eigenvalue weighted by Crippen LogP contribution is 2.30. The quantitative estimate of drug-likeness (QED) is 0.180. The van der Waals surface area contributed by atoms with Gasteiger partial charge >= 0.3 is 0 Å². The fourth-order valence-corrected chi connectivity index (χ4v) is 5.55. The number of aromatic nitrogens is 2. The van der Waals surface area contributed by atoms with Crippen molar-refractivity contribution in [3.8, 4) is 0 Å². The summed E-state index contributed by atoms with van der Waals surface area (Å²) in [5.74, 6) is -0.230. The smallest absolute Gasteiger partial charge is 0.165 e. The molecular weight excluding hydrogens is 537 g/mol. The van der Waals surface area contributed by atoms with Gasteiger partial charge in [-0.3, -0.25) is 10.4 Å². The summed E-state index contributed by atoms with van der Waals surface area (Å²) in [5, 5.41) is 12.2. The van der Waals surface area contributed by atoms with Gasteiger partial charge in [-0.25, -0.2) is 4.39 Å². The summed E-state index contributed by atoms with van der Waals surface area (Å²) >= 11 is 5.16. The molecule has 0 bridgehead atoms. The lowest BCUT2D eigenvalue weighted by Gasteiger charge is -2.12. The molecule has 1 unspecified atom stereocenters. The lowest BCUT2D eigenvalue weighted by molar-refractivity contribution is 0.626. The number of pyridine rings is 1. The third kappa shape index (κ3) is 4.62. The average molecular weight is 558 g/mol. The SMILES string of the molecule is Fc1ccc(Cn2c3ccccc3c3cc(C=NNC4NC(c5cccc(Br)c5)=CS4)ncc32)cc1. The van der Waals surface area contributed by atoms with Gasteiger partial charge < -0.3 is 9.88 Å². The molecule has 5 aromatic rings. The van der Waals surface area contributed by atoms with E-state index in [1.165, 1.54) is 12.1 Å². The maximum Gasteiger partial charge on any atom is 0.165 e. The van der Waals surface area contributed by atoms with Crippen LogP contribution in [0.25, 0.3) is 27.5 Å². The first kappa shape index (κ1) is 22.8. The minimum Gasteiger partial charge on any atom is -0.355 e. The zero-order valence-electron chi connectivity index (χ0n) is 19.0. The number of benzene rings is 3. The topological polar surface area (TPSA) is 54.2 Å². The molecule has 2 N–H and O–H groups in total. The van der Waals surface area contributed by atoms with Gasteiger partial charge in [0.05, 0.1) is 29.3 Å². The van der Waals surface area contributed by atoms with Crippen LogP contribution in [0.1, 0.15) is 16.8 Å². The fourth-order valence-electron chi connectivity index (χ4n) is 4.36. The van der Waals surface area contributed by atoms with E-state index in [-0.39, 0.29) is 11.3 Å². The predicted octanol–water partition coefficient (Wildman–Crippen LogP) is 6.68. The number of rotatable bonds is 6. The monoisotopic (exact) mass is 557 g/mol. The Labute approximate surface area is 220 Å². The lowest BCUT2D eigenvalue weighted by atomic mass is 10.2. The number of thioether (sulfide) groups is 1. The maximum atomic E-state index is 13.4. The van der Waals surface area contributed by atoms with Crippen molar-refractivity contribution >= 4 is 61.4 Å². The molecule has 3 aromatic carbocycles. The van der Waals surface area contributed by atoms with Crippen LogP contribution in [-0.4, -0.2) is 21.3 Å². The van der Waals surface area contributed by atoms with E-state index < -0.39 is 0 Å². The molecule has 178 valence electrons. The summed E-state index contributed by atoms with van der Waals surface area (Å²) in [6.45, 7) is 0.638. The maximum absolute atomic E-state index is 13.4. The Kier molecular flexibility index (Phi) is 6.21. The highest BCUT2D eigenvalue weighted by molar-refractivity contribution is 9.10. The van der Waals surface area contributed by atoms with Crippen LogP contribution in [0.5, 0.6) is 0 Å². The second-order valence-corrected chi connectivity index (χ2v) is 10.3. The first-order valence-corrected chi connectivity index (χ1v) is 13.2. The summed E-state index contributed by atoms with van der Waals surface area (Å²) in [5.41, 5.74) is 9.22. The highest BCUT2D eigenvalue weighted by Gasteiger charge is 2.17. The molecule has 0 saturated heterocycles. The predicted molar refractivity (Wildman–Crippen MR) is 150 cm³/mol. The zero-order chi connectivity index (χ0) is 24.5. The van der Waals surface area contributed by atoms with Crippen molar-refractivity contribution < 1.29 is 4.39 Å². The molecule has 6 rings (SSSR count). The highest BCUT2D eigenvalue weighted by atomic mass is 79.9. The lowest BCUT2D eigenvalue weighted by Crippen LogP contribution is -2.31. The fraction of sp³-hybridized carbons (Fsp3) is 0.0714. The van der Waals surface area contributed by atoms with Crippen LogP contribution in [0.4, 0.5) is 4.39 Å². The van der Waals surface area contributed by atoms with Crippen molar-refractivity contribution in [3.63, 3.8) is 0 Å². The summed E-state index contributed by atoms with van der Waals surface area (Å²) in [4.78, 5) is 4.64. The number of fused-ring (bicyclic) bond motifs is 3. The first-order chi connectivity index (χ1) is 17.6. The number of hydrogen-bond acceptors (Lipinski definition) is 5. The molecule has 2 aromatic heterocycles. The van der Waals surface area contributed by atoms with Crippen molar-refractivity contribution in [1.82, 2.24) is 20.3 Å². The average Bonchev–Trinajstić information content (AvgIpc) is 3.49. The van der Waals surface area contributed by atoms with E-state index in [0.29, 0.717) is 6.54 Å². The Morgan fingerprint density at radius 3 is 2.75 bits per heavy atom. The first-order valence-electron chi connectivity index (χ1n) is 11.4. The van der Waals surface area contributed by atoms with Gasteiger partial charge in [0, 0.05) is 27.3 Å². The van der Waals surface area contributed by atoms with Gasteiger partial charge in [0.15, 0.2) is 5.50 Å². The third-order valence-electron chi connectivity index (χ3n) is 6.07. The van der Waals surface area contributed by atoms with Gasteiger partial charge in [0.1, 0.15) is 5.82 Å². The van der Waals surface area contributed by atoms with Gasteiger partial charge in [0.2, 0.25) is 0 Å². The third-order valence-corrected chi connectivity index (χ3v) is 7.43. The summed E-state index contributed by atoms with van der Waals surface area (Å²) < 4.78 is 16.6. The number of halogens is 2. The van der Waals surface area contributed by atoms with Crippen LogP contribution < -0.4 is 10.7 Å². The molecule has 36 heavy (non-hydrogen) atoms. The summed E-state index contributed by atoms with van der Waals surface area (Å²) in [6.07, 6.45) is 3.63. The van der Waals surface area contributed by atoms with Crippen molar-refractivity contribution in [1.29, 1.82) is 0 Å². The van der Waals surface area contributed by atoms with E-state index >= 15 is 0 Å². The molecule has 0 spiro atoms. The number of para-hydroxylation sites is 1. The Balaban J connectivity index is 1.21. The van der Waals surface area contributed by atoms with Crippen LogP contribution in [0, 0.1) is 5.82 Å². The molecule has 0 amide bonds. The van der Waals surface area contributed by atoms with Crippen molar-refractivity contribution in [3.05, 3.63) is 118 Å². The van der Waals surface area contributed by atoms with E-state index in [0.717, 1.165) is 48.8 Å². The molecule has 3 heterocycles. The minimum absolute atomic E-state index is 0.0587. The van der Waals surface area contributed by atoms with Crippen LogP contribution >= 0.6 is 27.7 Å². The Morgan fingerprint density at radius 1 is 1.03 bits per heavy atom. The summed E-state index contributed by atoms with van der Waals surface area (Å²) in [6, 6.07) is 25.2. The number of nitrogens with zero attached hydrogens (tertiary/aromatic N) is 3. The molecule has 1 aliphatic heterocycles. The molecule has 0 radical (unpaired) electrons. The summed E-state index contributed by atoms with van der Waals surface area (Å²) in [7, 11) is 0. The van der Waals surface area contributed by atoms with E-state index in [2.05, 4.69) is 77.1 Å². The number of hydrogen-bond donors (Lipinski definition) is 2. The van der Waals surface area contributed by atoms with E-state index in [1.54, 1.807) is 18.0 Å². The molecule has 0 saturated carbocycles. The van der Waals surface area contributed by atoms with E-state index in [9.17, 15) is 4.39 Å². The van der Waals surface area contributed by atoms with Crippen LogP contribution in [0.15, 0.2) is 100 Å². The molecule has 0 fully saturated rings. The zero-order valence-corrected chi connectivity index (χ0v) is 21.4. The van der Waals surface area contributed by atoms with Crippen molar-refractivity contribution in [2.45, 2.75) is 12.0 Å². The Hall–Kier alpha value is -3.62. The van der Waals surface area contributed by atoms with Gasteiger partial charge in [0.25, 0.3) is 0 Å². The van der Waals surface area contributed by atoms with Crippen molar-refractivity contribution in [2.24, 2.45) is 5.10 Å². The molecule has 1 atom stereocenters. The molecule has 1 aliphatic rings. The van der Waals surface area contributed by atoms with E-state index in [4.69, 9.17) is 0 Å². The minimum atomic E-state index is -0.230. The number of nitrogens with one attached hydrogen (secondary N) is 2. The molecular formula is C28H21BrFN5S. The Morgan fingerprint density at radius 2 is 1.89 bits per heavy atom. The van der Waals surface area contributed by atoms with Gasteiger partial charge in [-0.05, 0) is 52.9 Å². The van der Waals surface area contributed by atoms with Crippen LogP contribution in [0.3, 0.4) is 0 Å². The second kappa shape index (κ2) is 9.79. The van der Waals surface area contributed by atoms with Crippen molar-refractivity contribution in [2.75, 3.05) is 0 Å². The van der Waals surface area contributed by atoms with Gasteiger partial charge in [-0.15, -0.1) is 0 Å². The van der Waals surface area contributed by atoms with E-state index in [1.807, 2.05) is 42.6 Å². The normalized spacial score (nSPS) is 15.5.